The normalized spacial score (nSPS) is 19.6. The summed E-state index contributed by atoms with van der Waals surface area (Å²) in [5.41, 5.74) is -0.850. The van der Waals surface area contributed by atoms with E-state index in [9.17, 15) is 21.6 Å². The number of hydrogen-bond donors (Lipinski definition) is 1. The highest BCUT2D eigenvalue weighted by molar-refractivity contribution is 7.89. The van der Waals surface area contributed by atoms with Gasteiger partial charge < -0.3 is 4.74 Å². The van der Waals surface area contributed by atoms with Crippen molar-refractivity contribution >= 4 is 21.4 Å². The van der Waals surface area contributed by atoms with Gasteiger partial charge in [0.1, 0.15) is 0 Å². The topological polar surface area (TPSA) is 55.4 Å². The highest BCUT2D eigenvalue weighted by atomic mass is 32.2. The number of rotatable bonds is 5. The van der Waals surface area contributed by atoms with Crippen molar-refractivity contribution in [3.05, 3.63) is 22.4 Å². The Bertz CT molecular complexity index is 549. The zero-order chi connectivity index (χ0) is 15.6. The van der Waals surface area contributed by atoms with E-state index in [1.807, 2.05) is 5.38 Å². The third-order valence-corrected chi connectivity index (χ3v) is 5.86. The van der Waals surface area contributed by atoms with Gasteiger partial charge in [-0.25, -0.2) is 13.1 Å². The molecule has 0 bridgehead atoms. The van der Waals surface area contributed by atoms with E-state index >= 15 is 0 Å². The molecule has 1 fully saturated rings. The molecule has 120 valence electrons. The highest BCUT2D eigenvalue weighted by Gasteiger charge is 2.40. The molecule has 2 heterocycles. The van der Waals surface area contributed by atoms with Gasteiger partial charge in [0.25, 0.3) is 0 Å². The van der Waals surface area contributed by atoms with Gasteiger partial charge in [-0.3, -0.25) is 0 Å². The van der Waals surface area contributed by atoms with Crippen molar-refractivity contribution in [3.8, 4) is 0 Å². The molecule has 21 heavy (non-hydrogen) atoms. The van der Waals surface area contributed by atoms with Gasteiger partial charge in [0.2, 0.25) is 10.0 Å². The third-order valence-electron chi connectivity index (χ3n) is 3.34. The van der Waals surface area contributed by atoms with E-state index in [-0.39, 0.29) is 0 Å². The smallest absolute Gasteiger partial charge is 0.381 e. The Hall–Kier alpha value is -0.640. The predicted molar refractivity (Wildman–Crippen MR) is 73.6 cm³/mol. The standard InChI is InChI=1S/C12H16F3NO3S2/c13-12(14,15)5-9-21(17,18)16-11(3-6-19-7-4-11)10-2-1-8-20-10/h1-2,8,16H,3-7,9H2. The molecule has 0 aromatic carbocycles. The summed E-state index contributed by atoms with van der Waals surface area (Å²) in [7, 11) is -4.02. The Kier molecular flexibility index (Phi) is 4.96. The van der Waals surface area contributed by atoms with Crippen LogP contribution in [0.5, 0.6) is 0 Å². The van der Waals surface area contributed by atoms with Gasteiger partial charge in [-0.2, -0.15) is 13.2 Å². The summed E-state index contributed by atoms with van der Waals surface area (Å²) in [5.74, 6) is -0.954. The Balaban J connectivity index is 2.16. The first-order valence-electron chi connectivity index (χ1n) is 6.43. The van der Waals surface area contributed by atoms with Crippen LogP contribution in [-0.2, 0) is 20.3 Å². The van der Waals surface area contributed by atoms with E-state index < -0.39 is 33.9 Å². The van der Waals surface area contributed by atoms with Gasteiger partial charge in [-0.05, 0) is 24.3 Å². The van der Waals surface area contributed by atoms with Crippen molar-refractivity contribution in [2.45, 2.75) is 31.0 Å². The van der Waals surface area contributed by atoms with Gasteiger partial charge >= 0.3 is 6.18 Å². The summed E-state index contributed by atoms with van der Waals surface area (Å²) in [6, 6.07) is 3.59. The summed E-state index contributed by atoms with van der Waals surface area (Å²) in [6.07, 6.45) is -5.00. The molecule has 0 spiro atoms. The van der Waals surface area contributed by atoms with Crippen molar-refractivity contribution in [2.75, 3.05) is 19.0 Å². The molecule has 1 N–H and O–H groups in total. The first kappa shape index (κ1) is 16.7. The second-order valence-corrected chi connectivity index (χ2v) is 7.75. The van der Waals surface area contributed by atoms with Gasteiger partial charge in [-0.15, -0.1) is 11.3 Å². The Morgan fingerprint density at radius 1 is 1.33 bits per heavy atom. The van der Waals surface area contributed by atoms with Gasteiger partial charge in [0.15, 0.2) is 0 Å². The van der Waals surface area contributed by atoms with Crippen LogP contribution >= 0.6 is 11.3 Å². The summed E-state index contributed by atoms with van der Waals surface area (Å²) >= 11 is 1.39. The molecule has 0 atom stereocenters. The minimum absolute atomic E-state index is 0.375. The maximum atomic E-state index is 12.2. The largest absolute Gasteiger partial charge is 0.390 e. The lowest BCUT2D eigenvalue weighted by Gasteiger charge is -2.37. The first-order valence-corrected chi connectivity index (χ1v) is 8.96. The van der Waals surface area contributed by atoms with E-state index in [4.69, 9.17) is 4.74 Å². The summed E-state index contributed by atoms with van der Waals surface area (Å²) < 4.78 is 68.4. The Morgan fingerprint density at radius 3 is 2.52 bits per heavy atom. The number of halogens is 3. The lowest BCUT2D eigenvalue weighted by Crippen LogP contribution is -2.49. The van der Waals surface area contributed by atoms with Crippen LogP contribution in [0, 0.1) is 0 Å². The second-order valence-electron chi connectivity index (χ2n) is 4.96. The average molecular weight is 343 g/mol. The molecule has 0 radical (unpaired) electrons. The quantitative estimate of drug-likeness (QED) is 0.894. The fraction of sp³-hybridized carbons (Fsp3) is 0.667. The number of hydrogen-bond acceptors (Lipinski definition) is 4. The van der Waals surface area contributed by atoms with Crippen LogP contribution in [0.3, 0.4) is 0 Å². The van der Waals surface area contributed by atoms with Crippen molar-refractivity contribution < 1.29 is 26.3 Å². The molecule has 1 aliphatic rings. The fourth-order valence-electron chi connectivity index (χ4n) is 2.27. The lowest BCUT2D eigenvalue weighted by atomic mass is 9.90. The Morgan fingerprint density at radius 2 is 2.00 bits per heavy atom. The number of thiophene rings is 1. The molecule has 1 aromatic rings. The van der Waals surface area contributed by atoms with Crippen LogP contribution in [0.25, 0.3) is 0 Å². The lowest BCUT2D eigenvalue weighted by molar-refractivity contribution is -0.130. The summed E-state index contributed by atoms with van der Waals surface area (Å²) in [4.78, 5) is 0.807. The number of ether oxygens (including phenoxy) is 1. The number of nitrogens with one attached hydrogen (secondary N) is 1. The monoisotopic (exact) mass is 343 g/mol. The van der Waals surface area contributed by atoms with Crippen LogP contribution in [0.2, 0.25) is 0 Å². The molecule has 1 aliphatic heterocycles. The molecular formula is C12H16F3NO3S2. The zero-order valence-corrected chi connectivity index (χ0v) is 12.8. The maximum absolute atomic E-state index is 12.2. The van der Waals surface area contributed by atoms with E-state index in [2.05, 4.69) is 4.72 Å². The fourth-order valence-corrected chi connectivity index (χ4v) is 4.79. The number of sulfonamides is 1. The molecule has 2 rings (SSSR count). The van der Waals surface area contributed by atoms with E-state index in [1.165, 1.54) is 11.3 Å². The van der Waals surface area contributed by atoms with Crippen molar-refractivity contribution in [1.29, 1.82) is 0 Å². The molecular weight excluding hydrogens is 327 g/mol. The third kappa shape index (κ3) is 4.67. The van der Waals surface area contributed by atoms with Crippen LogP contribution in [0.1, 0.15) is 24.1 Å². The molecule has 0 aliphatic carbocycles. The minimum atomic E-state index is -4.49. The molecule has 1 aromatic heterocycles. The first-order chi connectivity index (χ1) is 9.73. The molecule has 1 saturated heterocycles. The van der Waals surface area contributed by atoms with Crippen molar-refractivity contribution in [2.24, 2.45) is 0 Å². The maximum Gasteiger partial charge on any atom is 0.390 e. The van der Waals surface area contributed by atoms with Crippen LogP contribution in [-0.4, -0.2) is 33.6 Å². The molecule has 4 nitrogen and oxygen atoms in total. The van der Waals surface area contributed by atoms with Crippen molar-refractivity contribution in [3.63, 3.8) is 0 Å². The molecule has 0 saturated carbocycles. The van der Waals surface area contributed by atoms with E-state index in [0.717, 1.165) is 4.88 Å². The van der Waals surface area contributed by atoms with Gasteiger partial charge in [-0.1, -0.05) is 6.07 Å². The van der Waals surface area contributed by atoms with Crippen molar-refractivity contribution in [1.82, 2.24) is 4.72 Å². The SMILES string of the molecule is O=S(=O)(CCC(F)(F)F)NC1(c2cccs2)CCOCC1. The summed E-state index contributed by atoms with van der Waals surface area (Å²) in [5, 5.41) is 1.82. The average Bonchev–Trinajstić information content (AvgIpc) is 2.91. The van der Waals surface area contributed by atoms with Crippen LogP contribution in [0.4, 0.5) is 13.2 Å². The number of alkyl halides is 3. The highest BCUT2D eigenvalue weighted by Crippen LogP contribution is 2.36. The minimum Gasteiger partial charge on any atom is -0.381 e. The molecule has 0 amide bonds. The zero-order valence-electron chi connectivity index (χ0n) is 11.1. The summed E-state index contributed by atoms with van der Waals surface area (Å²) in [6.45, 7) is 0.749. The second kappa shape index (κ2) is 6.23. The predicted octanol–water partition coefficient (Wildman–Crippen LogP) is 2.63. The van der Waals surface area contributed by atoms with E-state index in [0.29, 0.717) is 26.1 Å². The van der Waals surface area contributed by atoms with E-state index in [1.54, 1.807) is 12.1 Å². The Labute approximate surface area is 125 Å². The van der Waals surface area contributed by atoms with Gasteiger partial charge in [0, 0.05) is 18.1 Å². The van der Waals surface area contributed by atoms with Gasteiger partial charge in [0.05, 0.1) is 17.7 Å². The molecule has 0 unspecified atom stereocenters. The van der Waals surface area contributed by atoms with Crippen LogP contribution < -0.4 is 4.72 Å². The molecule has 9 heteroatoms. The van der Waals surface area contributed by atoms with Crippen LogP contribution in [0.15, 0.2) is 17.5 Å².